The minimum Gasteiger partial charge on any atom is -0.398 e. The van der Waals surface area contributed by atoms with Crippen LogP contribution in [0.15, 0.2) is 29.3 Å². The van der Waals surface area contributed by atoms with Gasteiger partial charge in [0.25, 0.3) is 0 Å². The molecular formula is C11H13BrN2O. The fourth-order valence-corrected chi connectivity index (χ4v) is 1.31. The third-order valence-electron chi connectivity index (χ3n) is 1.92. The molecule has 1 rings (SSSR count). The van der Waals surface area contributed by atoms with Gasteiger partial charge in [-0.2, -0.15) is 0 Å². The van der Waals surface area contributed by atoms with Gasteiger partial charge in [0.15, 0.2) is 5.78 Å². The molecule has 0 bridgehead atoms. The number of rotatable bonds is 4. The molecule has 0 saturated carbocycles. The Balaban J connectivity index is 2.87. The number of halogens is 1. The SMILES string of the molecule is C=C(Br)CNc1ccc(N)c(C(C)=O)c1. The Hall–Kier alpha value is -1.29. The van der Waals surface area contributed by atoms with Crippen molar-refractivity contribution in [3.63, 3.8) is 0 Å². The summed E-state index contributed by atoms with van der Waals surface area (Å²) in [7, 11) is 0. The van der Waals surface area contributed by atoms with E-state index in [1.54, 1.807) is 12.1 Å². The highest BCUT2D eigenvalue weighted by atomic mass is 79.9. The highest BCUT2D eigenvalue weighted by Gasteiger charge is 2.05. The molecule has 0 aliphatic carbocycles. The van der Waals surface area contributed by atoms with Gasteiger partial charge in [-0.25, -0.2) is 0 Å². The summed E-state index contributed by atoms with van der Waals surface area (Å²) in [5, 5.41) is 3.11. The van der Waals surface area contributed by atoms with E-state index in [1.165, 1.54) is 6.92 Å². The number of ketones is 1. The van der Waals surface area contributed by atoms with Gasteiger partial charge in [-0.05, 0) is 25.1 Å². The van der Waals surface area contributed by atoms with E-state index < -0.39 is 0 Å². The molecule has 0 radical (unpaired) electrons. The second kappa shape index (κ2) is 4.98. The van der Waals surface area contributed by atoms with Crippen LogP contribution in [0.3, 0.4) is 0 Å². The number of anilines is 2. The van der Waals surface area contributed by atoms with Crippen molar-refractivity contribution in [3.05, 3.63) is 34.8 Å². The number of carbonyl (C=O) groups is 1. The largest absolute Gasteiger partial charge is 0.398 e. The first-order valence-electron chi connectivity index (χ1n) is 4.48. The summed E-state index contributed by atoms with van der Waals surface area (Å²) < 4.78 is 0.851. The molecule has 15 heavy (non-hydrogen) atoms. The third kappa shape index (κ3) is 3.40. The Labute approximate surface area is 97.5 Å². The normalized spacial score (nSPS) is 9.73. The molecule has 0 atom stereocenters. The van der Waals surface area contributed by atoms with E-state index in [2.05, 4.69) is 27.8 Å². The molecule has 0 amide bonds. The number of benzene rings is 1. The first kappa shape index (κ1) is 11.8. The van der Waals surface area contributed by atoms with Gasteiger partial charge in [-0.1, -0.05) is 22.5 Å². The van der Waals surface area contributed by atoms with Crippen molar-refractivity contribution in [1.29, 1.82) is 0 Å². The number of nitrogens with two attached hydrogens (primary N) is 1. The first-order chi connectivity index (χ1) is 7.00. The summed E-state index contributed by atoms with van der Waals surface area (Å²) in [6.07, 6.45) is 0. The van der Waals surface area contributed by atoms with Gasteiger partial charge >= 0.3 is 0 Å². The first-order valence-corrected chi connectivity index (χ1v) is 5.27. The van der Waals surface area contributed by atoms with Crippen LogP contribution in [0.5, 0.6) is 0 Å². The molecule has 0 unspecified atom stereocenters. The minimum absolute atomic E-state index is 0.0335. The van der Waals surface area contributed by atoms with Crippen LogP contribution >= 0.6 is 15.9 Å². The van der Waals surface area contributed by atoms with Crippen molar-refractivity contribution in [3.8, 4) is 0 Å². The van der Waals surface area contributed by atoms with Gasteiger partial charge in [0.1, 0.15) is 0 Å². The number of nitrogen functional groups attached to an aromatic ring is 1. The minimum atomic E-state index is -0.0335. The van der Waals surface area contributed by atoms with Crippen LogP contribution in [0.2, 0.25) is 0 Å². The van der Waals surface area contributed by atoms with Gasteiger partial charge < -0.3 is 11.1 Å². The Bertz CT molecular complexity index is 402. The Morgan fingerprint density at radius 2 is 2.27 bits per heavy atom. The maximum absolute atomic E-state index is 11.2. The molecule has 0 heterocycles. The van der Waals surface area contributed by atoms with E-state index >= 15 is 0 Å². The van der Waals surface area contributed by atoms with Crippen molar-refractivity contribution >= 4 is 33.1 Å². The second-order valence-electron chi connectivity index (χ2n) is 3.23. The maximum Gasteiger partial charge on any atom is 0.161 e. The number of carbonyl (C=O) groups excluding carboxylic acids is 1. The molecule has 0 aromatic heterocycles. The third-order valence-corrected chi connectivity index (χ3v) is 2.20. The van der Waals surface area contributed by atoms with Crippen molar-refractivity contribution in [2.75, 3.05) is 17.6 Å². The predicted octanol–water partition coefficient (Wildman–Crippen LogP) is 2.79. The Morgan fingerprint density at radius 3 is 2.80 bits per heavy atom. The molecule has 1 aromatic rings. The Kier molecular flexibility index (Phi) is 3.91. The van der Waals surface area contributed by atoms with Crippen molar-refractivity contribution in [2.45, 2.75) is 6.92 Å². The number of Topliss-reactive ketones (excluding diaryl/α,β-unsaturated/α-hetero) is 1. The van der Waals surface area contributed by atoms with Gasteiger partial charge in [0, 0.05) is 28.0 Å². The van der Waals surface area contributed by atoms with Crippen molar-refractivity contribution < 1.29 is 4.79 Å². The van der Waals surface area contributed by atoms with E-state index in [9.17, 15) is 4.79 Å². The van der Waals surface area contributed by atoms with Crippen LogP contribution in [0, 0.1) is 0 Å². The van der Waals surface area contributed by atoms with E-state index in [0.29, 0.717) is 17.8 Å². The van der Waals surface area contributed by atoms with Crippen LogP contribution in [0.25, 0.3) is 0 Å². The van der Waals surface area contributed by atoms with Crippen LogP contribution in [0.4, 0.5) is 11.4 Å². The fraction of sp³-hybridized carbons (Fsp3) is 0.182. The van der Waals surface area contributed by atoms with Crippen molar-refractivity contribution in [2.24, 2.45) is 0 Å². The lowest BCUT2D eigenvalue weighted by molar-refractivity contribution is 0.101. The number of nitrogens with one attached hydrogen (secondary N) is 1. The molecule has 1 aromatic carbocycles. The lowest BCUT2D eigenvalue weighted by Crippen LogP contribution is -2.04. The average molecular weight is 269 g/mol. The number of hydrogen-bond acceptors (Lipinski definition) is 3. The number of hydrogen-bond donors (Lipinski definition) is 2. The topological polar surface area (TPSA) is 55.1 Å². The molecule has 0 saturated heterocycles. The second-order valence-corrected chi connectivity index (χ2v) is 4.35. The lowest BCUT2D eigenvalue weighted by Gasteiger charge is -2.08. The monoisotopic (exact) mass is 268 g/mol. The zero-order valence-electron chi connectivity index (χ0n) is 8.51. The zero-order valence-corrected chi connectivity index (χ0v) is 10.1. The van der Waals surface area contributed by atoms with Gasteiger partial charge in [0.05, 0.1) is 0 Å². The standard InChI is InChI=1S/C11H13BrN2O/c1-7(12)6-14-9-3-4-11(13)10(5-9)8(2)15/h3-5,14H,1,6,13H2,2H3. The molecule has 0 aliphatic rings. The maximum atomic E-state index is 11.2. The summed E-state index contributed by atoms with van der Waals surface area (Å²) in [5.74, 6) is -0.0335. The van der Waals surface area contributed by atoms with E-state index in [4.69, 9.17) is 5.73 Å². The molecule has 4 heteroatoms. The average Bonchev–Trinajstić information content (AvgIpc) is 2.16. The molecule has 0 fully saturated rings. The summed E-state index contributed by atoms with van der Waals surface area (Å²) >= 11 is 3.25. The van der Waals surface area contributed by atoms with E-state index in [1.807, 2.05) is 6.07 Å². The van der Waals surface area contributed by atoms with Crippen LogP contribution in [0.1, 0.15) is 17.3 Å². The van der Waals surface area contributed by atoms with Gasteiger partial charge in [0.2, 0.25) is 0 Å². The predicted molar refractivity (Wildman–Crippen MR) is 67.4 cm³/mol. The van der Waals surface area contributed by atoms with Gasteiger partial charge in [-0.3, -0.25) is 4.79 Å². The van der Waals surface area contributed by atoms with Gasteiger partial charge in [-0.15, -0.1) is 0 Å². The molecule has 3 nitrogen and oxygen atoms in total. The molecule has 80 valence electrons. The molecule has 0 aliphatic heterocycles. The summed E-state index contributed by atoms with van der Waals surface area (Å²) in [6, 6.07) is 5.29. The summed E-state index contributed by atoms with van der Waals surface area (Å²) in [6.45, 7) is 5.82. The lowest BCUT2D eigenvalue weighted by atomic mass is 10.1. The van der Waals surface area contributed by atoms with Crippen LogP contribution in [-0.4, -0.2) is 12.3 Å². The quantitative estimate of drug-likeness (QED) is 0.652. The Morgan fingerprint density at radius 1 is 1.60 bits per heavy atom. The van der Waals surface area contributed by atoms with Crippen molar-refractivity contribution in [1.82, 2.24) is 0 Å². The smallest absolute Gasteiger partial charge is 0.161 e. The highest BCUT2D eigenvalue weighted by molar-refractivity contribution is 9.11. The summed E-state index contributed by atoms with van der Waals surface area (Å²) in [4.78, 5) is 11.2. The van der Waals surface area contributed by atoms with Crippen LogP contribution in [-0.2, 0) is 0 Å². The zero-order chi connectivity index (χ0) is 11.4. The highest BCUT2D eigenvalue weighted by Crippen LogP contribution is 2.18. The summed E-state index contributed by atoms with van der Waals surface area (Å²) in [5.41, 5.74) is 7.57. The van der Waals surface area contributed by atoms with E-state index in [-0.39, 0.29) is 5.78 Å². The fourth-order valence-electron chi connectivity index (χ4n) is 1.17. The van der Waals surface area contributed by atoms with E-state index in [0.717, 1.165) is 10.2 Å². The van der Waals surface area contributed by atoms with Crippen LogP contribution < -0.4 is 11.1 Å². The molecule has 3 N–H and O–H groups in total. The molecular weight excluding hydrogens is 256 g/mol. The molecule has 0 spiro atoms.